The van der Waals surface area contributed by atoms with Crippen LogP contribution in [0.2, 0.25) is 0 Å². The Labute approximate surface area is 191 Å². The number of aliphatic hydroxyl groups is 1. The van der Waals surface area contributed by atoms with Crippen LogP contribution in [0.4, 0.5) is 0 Å². The zero-order chi connectivity index (χ0) is 22.8. The summed E-state index contributed by atoms with van der Waals surface area (Å²) in [7, 11) is 0. The Hall–Kier alpha value is -3.49. The lowest BCUT2D eigenvalue weighted by Gasteiger charge is -2.29. The molecule has 8 nitrogen and oxygen atoms in total. The summed E-state index contributed by atoms with van der Waals surface area (Å²) in [5.41, 5.74) is 1.10. The molecule has 0 saturated carbocycles. The van der Waals surface area contributed by atoms with Crippen LogP contribution in [-0.2, 0) is 9.53 Å². The molecule has 2 aromatic heterocycles. The van der Waals surface area contributed by atoms with Gasteiger partial charge in [0.05, 0.1) is 24.5 Å². The Morgan fingerprint density at radius 1 is 1.09 bits per heavy atom. The standard InChI is InChI=1S/C25H25N3O5/c29-23(20-16-17-6-1-2-8-19(17)33-20)21-22(18-7-3-4-9-26-18)28(25(31)24(21)30)11-5-10-27-12-14-32-15-13-27/h1-4,6-9,16,22,30H,5,10-15H2/t22-/m0/s1. The molecule has 1 aromatic carbocycles. The number of fused-ring (bicyclic) bond motifs is 1. The third-order valence-electron chi connectivity index (χ3n) is 6.14. The summed E-state index contributed by atoms with van der Waals surface area (Å²) in [6.07, 6.45) is 2.32. The molecular weight excluding hydrogens is 422 g/mol. The highest BCUT2D eigenvalue weighted by Crippen LogP contribution is 2.38. The van der Waals surface area contributed by atoms with Crippen molar-refractivity contribution >= 4 is 22.7 Å². The van der Waals surface area contributed by atoms with Gasteiger partial charge < -0.3 is 19.2 Å². The number of carbonyl (C=O) groups is 2. The topological polar surface area (TPSA) is 96.1 Å². The molecule has 2 aliphatic rings. The fraction of sp³-hybridized carbons (Fsp3) is 0.320. The van der Waals surface area contributed by atoms with Gasteiger partial charge in [-0.15, -0.1) is 0 Å². The highest BCUT2D eigenvalue weighted by atomic mass is 16.5. The van der Waals surface area contributed by atoms with Crippen molar-refractivity contribution in [2.45, 2.75) is 12.5 Å². The Morgan fingerprint density at radius 3 is 2.64 bits per heavy atom. The van der Waals surface area contributed by atoms with Crippen molar-refractivity contribution in [3.8, 4) is 0 Å². The van der Waals surface area contributed by atoms with Gasteiger partial charge in [-0.3, -0.25) is 19.5 Å². The molecule has 0 spiro atoms. The minimum atomic E-state index is -0.774. The number of pyridine rings is 1. The van der Waals surface area contributed by atoms with E-state index in [1.165, 1.54) is 4.90 Å². The van der Waals surface area contributed by atoms with Crippen LogP contribution < -0.4 is 0 Å². The van der Waals surface area contributed by atoms with Crippen LogP contribution in [0.25, 0.3) is 11.0 Å². The number of Topliss-reactive ketones (excluding diaryl/α,β-unsaturated/α-hetero) is 1. The summed E-state index contributed by atoms with van der Waals surface area (Å²) >= 11 is 0. The van der Waals surface area contributed by atoms with Crippen LogP contribution in [0.1, 0.15) is 28.7 Å². The van der Waals surface area contributed by atoms with Gasteiger partial charge in [-0.05, 0) is 30.7 Å². The van der Waals surface area contributed by atoms with Gasteiger partial charge in [-0.25, -0.2) is 0 Å². The van der Waals surface area contributed by atoms with Crippen LogP contribution in [-0.4, -0.2) is 71.0 Å². The molecule has 1 amide bonds. The van der Waals surface area contributed by atoms with Crippen molar-refractivity contribution in [3.63, 3.8) is 0 Å². The molecule has 170 valence electrons. The van der Waals surface area contributed by atoms with Crippen molar-refractivity contribution in [1.82, 2.24) is 14.8 Å². The smallest absolute Gasteiger partial charge is 0.290 e. The zero-order valence-corrected chi connectivity index (χ0v) is 18.1. The van der Waals surface area contributed by atoms with E-state index < -0.39 is 23.5 Å². The second-order valence-corrected chi connectivity index (χ2v) is 8.20. The number of aliphatic hydroxyl groups excluding tert-OH is 1. The van der Waals surface area contributed by atoms with E-state index in [1.807, 2.05) is 18.2 Å². The first-order chi connectivity index (χ1) is 16.1. The van der Waals surface area contributed by atoms with Gasteiger partial charge in [0.15, 0.2) is 11.5 Å². The van der Waals surface area contributed by atoms with Gasteiger partial charge in [0.1, 0.15) is 11.6 Å². The van der Waals surface area contributed by atoms with Crippen LogP contribution in [0.5, 0.6) is 0 Å². The first-order valence-corrected chi connectivity index (χ1v) is 11.1. The average molecular weight is 447 g/mol. The number of ketones is 1. The number of hydrogen-bond acceptors (Lipinski definition) is 7. The van der Waals surface area contributed by atoms with Crippen molar-refractivity contribution in [2.24, 2.45) is 0 Å². The van der Waals surface area contributed by atoms with E-state index in [-0.39, 0.29) is 11.3 Å². The number of para-hydroxylation sites is 1. The molecule has 33 heavy (non-hydrogen) atoms. The first-order valence-electron chi connectivity index (χ1n) is 11.1. The second kappa shape index (κ2) is 9.17. The van der Waals surface area contributed by atoms with E-state index >= 15 is 0 Å². The molecular formula is C25H25N3O5. The summed E-state index contributed by atoms with van der Waals surface area (Å²) in [5.74, 6) is -1.53. The molecule has 1 fully saturated rings. The number of amides is 1. The monoisotopic (exact) mass is 447 g/mol. The number of nitrogens with zero attached hydrogens (tertiary/aromatic N) is 3. The predicted molar refractivity (Wildman–Crippen MR) is 121 cm³/mol. The molecule has 5 rings (SSSR count). The fourth-order valence-corrected chi connectivity index (χ4v) is 4.48. The largest absolute Gasteiger partial charge is 0.503 e. The van der Waals surface area contributed by atoms with Crippen molar-refractivity contribution in [2.75, 3.05) is 39.4 Å². The third-order valence-corrected chi connectivity index (χ3v) is 6.14. The molecule has 1 atom stereocenters. The maximum atomic E-state index is 13.5. The number of hydrogen-bond donors (Lipinski definition) is 1. The fourth-order valence-electron chi connectivity index (χ4n) is 4.48. The minimum absolute atomic E-state index is 0.00382. The SMILES string of the molecule is O=C(C1=C(O)C(=O)N(CCCN2CCOCC2)[C@H]1c1ccccn1)c1cc2ccccc2o1. The van der Waals surface area contributed by atoms with E-state index in [2.05, 4.69) is 9.88 Å². The second-order valence-electron chi connectivity index (χ2n) is 8.20. The number of aromatic nitrogens is 1. The first kappa shape index (κ1) is 21.4. The van der Waals surface area contributed by atoms with Gasteiger partial charge in [0, 0.05) is 37.8 Å². The van der Waals surface area contributed by atoms with Crippen LogP contribution in [0, 0.1) is 0 Å². The number of ether oxygens (including phenoxy) is 1. The molecule has 1 N–H and O–H groups in total. The van der Waals surface area contributed by atoms with Crippen LogP contribution >= 0.6 is 0 Å². The molecule has 8 heteroatoms. The molecule has 0 unspecified atom stereocenters. The summed E-state index contributed by atoms with van der Waals surface area (Å²) < 4.78 is 11.1. The number of furan rings is 1. The number of morpholine rings is 1. The number of benzene rings is 1. The Bertz CT molecular complexity index is 1160. The van der Waals surface area contributed by atoms with Crippen molar-refractivity contribution in [1.29, 1.82) is 0 Å². The third kappa shape index (κ3) is 4.15. The zero-order valence-electron chi connectivity index (χ0n) is 18.1. The van der Waals surface area contributed by atoms with Gasteiger partial charge in [-0.1, -0.05) is 24.3 Å². The summed E-state index contributed by atoms with van der Waals surface area (Å²) in [5, 5.41) is 11.6. The molecule has 2 aliphatic heterocycles. The predicted octanol–water partition coefficient (Wildman–Crippen LogP) is 3.13. The Morgan fingerprint density at radius 2 is 1.88 bits per heavy atom. The molecule has 4 heterocycles. The Kier molecular flexibility index (Phi) is 5.93. The van der Waals surface area contributed by atoms with Gasteiger partial charge >= 0.3 is 0 Å². The molecule has 0 bridgehead atoms. The maximum absolute atomic E-state index is 13.5. The minimum Gasteiger partial charge on any atom is -0.503 e. The average Bonchev–Trinajstić information content (AvgIpc) is 3.40. The lowest BCUT2D eigenvalue weighted by Crippen LogP contribution is -2.39. The van der Waals surface area contributed by atoms with Crippen molar-refractivity contribution < 1.29 is 23.8 Å². The summed E-state index contributed by atoms with van der Waals surface area (Å²) in [4.78, 5) is 34.8. The molecule has 3 aromatic rings. The lowest BCUT2D eigenvalue weighted by atomic mass is 9.98. The van der Waals surface area contributed by atoms with Crippen LogP contribution in [0.15, 0.2) is 70.5 Å². The quantitative estimate of drug-likeness (QED) is 0.556. The number of rotatable bonds is 7. The normalized spacial score (nSPS) is 19.6. The highest BCUT2D eigenvalue weighted by Gasteiger charge is 2.45. The van der Waals surface area contributed by atoms with Gasteiger partial charge in [0.2, 0.25) is 5.78 Å². The Balaban J connectivity index is 1.43. The van der Waals surface area contributed by atoms with Crippen LogP contribution in [0.3, 0.4) is 0 Å². The summed E-state index contributed by atoms with van der Waals surface area (Å²) in [6.45, 7) is 4.32. The van der Waals surface area contributed by atoms with Crippen molar-refractivity contribution in [3.05, 3.63) is 77.5 Å². The molecule has 0 radical (unpaired) electrons. The van der Waals surface area contributed by atoms with E-state index in [9.17, 15) is 14.7 Å². The highest BCUT2D eigenvalue weighted by molar-refractivity contribution is 6.15. The molecule has 1 saturated heterocycles. The maximum Gasteiger partial charge on any atom is 0.290 e. The van der Waals surface area contributed by atoms with E-state index in [0.29, 0.717) is 37.5 Å². The molecule has 0 aliphatic carbocycles. The van der Waals surface area contributed by atoms with Gasteiger partial charge in [-0.2, -0.15) is 0 Å². The number of carbonyl (C=O) groups excluding carboxylic acids is 2. The van der Waals surface area contributed by atoms with E-state index in [0.717, 1.165) is 25.0 Å². The van der Waals surface area contributed by atoms with E-state index in [4.69, 9.17) is 9.15 Å². The van der Waals surface area contributed by atoms with Gasteiger partial charge in [0.25, 0.3) is 5.91 Å². The van der Waals surface area contributed by atoms with E-state index in [1.54, 1.807) is 36.5 Å². The summed E-state index contributed by atoms with van der Waals surface area (Å²) in [6, 6.07) is 13.5. The lowest BCUT2D eigenvalue weighted by molar-refractivity contribution is -0.129.